The van der Waals surface area contributed by atoms with Crippen molar-refractivity contribution < 1.29 is 9.46 Å². The smallest absolute Gasteiger partial charge is 0.218 e. The van der Waals surface area contributed by atoms with E-state index in [9.17, 15) is 9.46 Å². The van der Waals surface area contributed by atoms with Crippen LogP contribution in [0.4, 0.5) is 0 Å². The lowest BCUT2D eigenvalue weighted by Crippen LogP contribution is -2.06. The lowest BCUT2D eigenvalue weighted by molar-refractivity contribution is 0.513. The van der Waals surface area contributed by atoms with Crippen molar-refractivity contribution >= 4 is 13.3 Å². The fourth-order valence-corrected chi connectivity index (χ4v) is 3.44. The van der Waals surface area contributed by atoms with Gasteiger partial charge in [0.15, 0.2) is 0 Å². The Morgan fingerprint density at radius 2 is 1.41 bits per heavy atom. The van der Waals surface area contributed by atoms with E-state index in [1.165, 1.54) is 5.56 Å². The van der Waals surface area contributed by atoms with E-state index in [1.807, 2.05) is 60.7 Å². The van der Waals surface area contributed by atoms with Crippen LogP contribution in [0.2, 0.25) is 0 Å². The first-order chi connectivity index (χ1) is 10.8. The molecule has 0 aliphatic heterocycles. The summed E-state index contributed by atoms with van der Waals surface area (Å²) >= 11 is 0. The molecule has 0 aromatic heterocycles. The monoisotopic (exact) mass is 308 g/mol. The molecule has 1 N–H and O–H groups in total. The molecule has 0 amide bonds. The minimum absolute atomic E-state index is 0.532. The van der Waals surface area contributed by atoms with Gasteiger partial charge in [0.1, 0.15) is 0 Å². The zero-order valence-corrected chi connectivity index (χ0v) is 13.1. The van der Waals surface area contributed by atoms with E-state index in [0.29, 0.717) is 5.30 Å². The second-order valence-electron chi connectivity index (χ2n) is 5.17. The molecule has 0 saturated carbocycles. The van der Waals surface area contributed by atoms with E-state index in [2.05, 4.69) is 12.1 Å². The predicted molar refractivity (Wildman–Crippen MR) is 92.0 cm³/mol. The van der Waals surface area contributed by atoms with Crippen molar-refractivity contribution in [3.8, 4) is 11.1 Å². The topological polar surface area (TPSA) is 37.3 Å². The van der Waals surface area contributed by atoms with Crippen LogP contribution < -0.4 is 5.30 Å². The second-order valence-corrected chi connectivity index (χ2v) is 6.32. The van der Waals surface area contributed by atoms with Crippen molar-refractivity contribution in [3.05, 3.63) is 90.0 Å². The molecule has 0 radical (unpaired) electrons. The highest BCUT2D eigenvalue weighted by Gasteiger charge is 2.14. The minimum atomic E-state index is -2.75. The summed E-state index contributed by atoms with van der Waals surface area (Å²) in [6, 6.07) is 25.6. The maximum absolute atomic E-state index is 11.8. The van der Waals surface area contributed by atoms with Crippen LogP contribution in [-0.4, -0.2) is 4.89 Å². The van der Waals surface area contributed by atoms with Crippen molar-refractivity contribution in [3.63, 3.8) is 0 Å². The Labute approximate surface area is 130 Å². The SMILES string of the molecule is O=[PH](O)c1cccc(Cc2ccccc2)c1-c1ccccc1. The normalized spacial score (nSPS) is 12.0. The molecule has 3 heteroatoms. The third-order valence-electron chi connectivity index (χ3n) is 3.68. The van der Waals surface area contributed by atoms with Crippen LogP contribution in [-0.2, 0) is 11.0 Å². The van der Waals surface area contributed by atoms with Crippen molar-refractivity contribution in [2.45, 2.75) is 6.42 Å². The average Bonchev–Trinajstić information content (AvgIpc) is 2.56. The van der Waals surface area contributed by atoms with E-state index < -0.39 is 8.03 Å². The standard InChI is InChI=1S/C19H17O2P/c20-22(21)18-13-7-12-17(14-15-8-3-1-4-9-15)19(18)16-10-5-2-6-11-16/h1-13,22H,14H2,(H,20,21). The van der Waals surface area contributed by atoms with Crippen molar-refractivity contribution in [2.24, 2.45) is 0 Å². The van der Waals surface area contributed by atoms with Gasteiger partial charge in [0, 0.05) is 5.30 Å². The summed E-state index contributed by atoms with van der Waals surface area (Å²) in [5.41, 5.74) is 4.13. The molecule has 3 aromatic rings. The third kappa shape index (κ3) is 3.19. The van der Waals surface area contributed by atoms with E-state index in [1.54, 1.807) is 6.07 Å². The van der Waals surface area contributed by atoms with Crippen molar-refractivity contribution in [1.82, 2.24) is 0 Å². The van der Waals surface area contributed by atoms with Gasteiger partial charge in [-0.1, -0.05) is 72.8 Å². The van der Waals surface area contributed by atoms with Crippen LogP contribution in [0.5, 0.6) is 0 Å². The van der Waals surface area contributed by atoms with Crippen molar-refractivity contribution in [2.75, 3.05) is 0 Å². The van der Waals surface area contributed by atoms with Crippen LogP contribution in [0.1, 0.15) is 11.1 Å². The Bertz CT molecular complexity index is 783. The zero-order valence-electron chi connectivity index (χ0n) is 12.1. The number of rotatable bonds is 4. The maximum atomic E-state index is 11.8. The summed E-state index contributed by atoms with van der Waals surface area (Å²) < 4.78 is 11.8. The van der Waals surface area contributed by atoms with Gasteiger partial charge in [0.25, 0.3) is 0 Å². The average molecular weight is 308 g/mol. The predicted octanol–water partition coefficient (Wildman–Crippen LogP) is 4.04. The first-order valence-electron chi connectivity index (χ1n) is 7.20. The Morgan fingerprint density at radius 3 is 2.05 bits per heavy atom. The molecule has 0 saturated heterocycles. The number of hydrogen-bond acceptors (Lipinski definition) is 1. The fraction of sp³-hybridized carbons (Fsp3) is 0.0526. The summed E-state index contributed by atoms with van der Waals surface area (Å²) in [6.45, 7) is 0. The molecule has 1 unspecified atom stereocenters. The second kappa shape index (κ2) is 6.74. The number of benzene rings is 3. The molecule has 110 valence electrons. The summed E-state index contributed by atoms with van der Waals surface area (Å²) in [5, 5.41) is 0.532. The van der Waals surface area contributed by atoms with E-state index in [4.69, 9.17) is 0 Å². The third-order valence-corrected chi connectivity index (χ3v) is 4.56. The summed E-state index contributed by atoms with van der Waals surface area (Å²) in [6.07, 6.45) is 0.744. The largest absolute Gasteiger partial charge is 0.343 e. The highest BCUT2D eigenvalue weighted by atomic mass is 31.1. The molecular formula is C19H17O2P. The highest BCUT2D eigenvalue weighted by molar-refractivity contribution is 7.47. The summed E-state index contributed by atoms with van der Waals surface area (Å²) in [4.78, 5) is 9.70. The van der Waals surface area contributed by atoms with Crippen LogP contribution in [0.25, 0.3) is 11.1 Å². The zero-order chi connectivity index (χ0) is 15.4. The number of hydrogen-bond donors (Lipinski definition) is 1. The van der Waals surface area contributed by atoms with Crippen LogP contribution in [0.15, 0.2) is 78.9 Å². The molecule has 0 aliphatic carbocycles. The first-order valence-corrected chi connectivity index (χ1v) is 8.56. The maximum Gasteiger partial charge on any atom is 0.218 e. The molecule has 0 aliphatic rings. The van der Waals surface area contributed by atoms with Gasteiger partial charge in [-0.25, -0.2) is 0 Å². The van der Waals surface area contributed by atoms with Crippen LogP contribution in [0, 0.1) is 0 Å². The highest BCUT2D eigenvalue weighted by Crippen LogP contribution is 2.29. The first kappa shape index (κ1) is 14.8. The van der Waals surface area contributed by atoms with Crippen molar-refractivity contribution in [1.29, 1.82) is 0 Å². The molecule has 0 bridgehead atoms. The molecule has 0 fully saturated rings. The van der Waals surface area contributed by atoms with E-state index >= 15 is 0 Å². The van der Waals surface area contributed by atoms with E-state index in [-0.39, 0.29) is 0 Å². The lowest BCUT2D eigenvalue weighted by atomic mass is 9.95. The van der Waals surface area contributed by atoms with Gasteiger partial charge in [-0.3, -0.25) is 4.57 Å². The Hall–Kier alpha value is -2.15. The Balaban J connectivity index is 2.14. The molecule has 3 aromatic carbocycles. The summed E-state index contributed by atoms with van der Waals surface area (Å²) in [7, 11) is -2.75. The Morgan fingerprint density at radius 1 is 0.773 bits per heavy atom. The molecule has 2 nitrogen and oxygen atoms in total. The van der Waals surface area contributed by atoms with Gasteiger partial charge >= 0.3 is 0 Å². The molecule has 0 spiro atoms. The lowest BCUT2D eigenvalue weighted by Gasteiger charge is -2.14. The molecule has 3 rings (SSSR count). The molecule has 1 atom stereocenters. The van der Waals surface area contributed by atoms with Crippen LogP contribution >= 0.6 is 8.03 Å². The van der Waals surface area contributed by atoms with E-state index in [0.717, 1.165) is 23.1 Å². The van der Waals surface area contributed by atoms with Gasteiger partial charge in [-0.15, -0.1) is 0 Å². The van der Waals surface area contributed by atoms with Gasteiger partial charge in [0.05, 0.1) is 0 Å². The fourth-order valence-electron chi connectivity index (χ4n) is 2.69. The molecular weight excluding hydrogens is 291 g/mol. The molecule has 22 heavy (non-hydrogen) atoms. The van der Waals surface area contributed by atoms with Crippen LogP contribution in [0.3, 0.4) is 0 Å². The van der Waals surface area contributed by atoms with Gasteiger partial charge in [-0.05, 0) is 34.7 Å². The molecule has 0 heterocycles. The quantitative estimate of drug-likeness (QED) is 0.739. The Kier molecular flexibility index (Phi) is 4.53. The van der Waals surface area contributed by atoms with Gasteiger partial charge < -0.3 is 4.89 Å². The van der Waals surface area contributed by atoms with Gasteiger partial charge in [0.2, 0.25) is 8.03 Å². The summed E-state index contributed by atoms with van der Waals surface area (Å²) in [5.74, 6) is 0. The minimum Gasteiger partial charge on any atom is -0.343 e. The van der Waals surface area contributed by atoms with Gasteiger partial charge in [-0.2, -0.15) is 0 Å².